The summed E-state index contributed by atoms with van der Waals surface area (Å²) >= 11 is 0. The lowest BCUT2D eigenvalue weighted by molar-refractivity contribution is 0.239. The van der Waals surface area contributed by atoms with Crippen molar-refractivity contribution in [1.82, 2.24) is 20.4 Å². The van der Waals surface area contributed by atoms with Crippen LogP contribution in [0, 0.1) is 5.92 Å². The average Bonchev–Trinajstić information content (AvgIpc) is 3.12. The van der Waals surface area contributed by atoms with Gasteiger partial charge >= 0.3 is 6.03 Å². The number of aromatic nitrogens is 2. The normalized spacial score (nSPS) is 24.5. The smallest absolute Gasteiger partial charge is 0.315 e. The van der Waals surface area contributed by atoms with Crippen LogP contribution in [0.25, 0.3) is 0 Å². The van der Waals surface area contributed by atoms with Gasteiger partial charge in [0.15, 0.2) is 0 Å². The van der Waals surface area contributed by atoms with E-state index in [1.165, 1.54) is 36.8 Å². The molecule has 24 heavy (non-hydrogen) atoms. The number of nitrogens with one attached hydrogen (secondary N) is 2. The second-order valence-electron chi connectivity index (χ2n) is 7.08. The third kappa shape index (κ3) is 2.68. The van der Waals surface area contributed by atoms with E-state index in [0.717, 1.165) is 12.2 Å². The van der Waals surface area contributed by atoms with Gasteiger partial charge in [-0.05, 0) is 48.8 Å². The molecule has 2 atom stereocenters. The fraction of sp³-hybridized carbons (Fsp3) is 0.474. The highest BCUT2D eigenvalue weighted by molar-refractivity contribution is 5.73. The van der Waals surface area contributed by atoms with Crippen LogP contribution in [-0.4, -0.2) is 22.4 Å². The number of rotatable bonds is 4. The van der Waals surface area contributed by atoms with Crippen molar-refractivity contribution in [2.24, 2.45) is 13.0 Å². The molecule has 2 aliphatic carbocycles. The molecule has 1 aromatic heterocycles. The number of amides is 2. The van der Waals surface area contributed by atoms with Gasteiger partial charge in [0.05, 0.1) is 12.2 Å². The van der Waals surface area contributed by atoms with Crippen LogP contribution in [0.15, 0.2) is 36.5 Å². The molecule has 5 heteroatoms. The molecule has 1 heterocycles. The van der Waals surface area contributed by atoms with E-state index in [-0.39, 0.29) is 6.03 Å². The summed E-state index contributed by atoms with van der Waals surface area (Å²) in [4.78, 5) is 12.0. The lowest BCUT2D eigenvalue weighted by atomic mass is 9.78. The molecular weight excluding hydrogens is 300 g/mol. The second-order valence-corrected chi connectivity index (χ2v) is 7.08. The van der Waals surface area contributed by atoms with E-state index in [1.54, 1.807) is 10.9 Å². The molecule has 126 valence electrons. The van der Waals surface area contributed by atoms with Crippen LogP contribution in [0.2, 0.25) is 0 Å². The molecular formula is C19H24N4O. The lowest BCUT2D eigenvalue weighted by Gasteiger charge is -2.26. The first-order chi connectivity index (χ1) is 11.7. The summed E-state index contributed by atoms with van der Waals surface area (Å²) in [7, 11) is 1.88. The molecule has 0 radical (unpaired) electrons. The van der Waals surface area contributed by atoms with Crippen molar-refractivity contribution in [3.05, 3.63) is 53.3 Å². The van der Waals surface area contributed by atoms with Gasteiger partial charge in [0, 0.05) is 25.2 Å². The van der Waals surface area contributed by atoms with Gasteiger partial charge in [-0.3, -0.25) is 4.68 Å². The van der Waals surface area contributed by atoms with Crippen LogP contribution in [0.3, 0.4) is 0 Å². The van der Waals surface area contributed by atoms with Crippen LogP contribution in [0.4, 0.5) is 4.79 Å². The number of hydrogen-bond donors (Lipinski definition) is 2. The largest absolute Gasteiger partial charge is 0.338 e. The number of urea groups is 1. The molecule has 1 aromatic carbocycles. The molecule has 2 amide bonds. The average molecular weight is 324 g/mol. The second kappa shape index (κ2) is 5.96. The quantitative estimate of drug-likeness (QED) is 0.908. The number of nitrogens with zero attached hydrogens (tertiary/aromatic N) is 2. The van der Waals surface area contributed by atoms with Crippen LogP contribution < -0.4 is 10.6 Å². The Morgan fingerprint density at radius 3 is 3.04 bits per heavy atom. The third-order valence-electron chi connectivity index (χ3n) is 5.72. The fourth-order valence-corrected chi connectivity index (χ4v) is 4.26. The van der Waals surface area contributed by atoms with Gasteiger partial charge in [0.1, 0.15) is 0 Å². The monoisotopic (exact) mass is 324 g/mol. The summed E-state index contributed by atoms with van der Waals surface area (Å²) in [6.45, 7) is 1.26. The number of hydrogen-bond acceptors (Lipinski definition) is 2. The number of carbonyl (C=O) groups is 1. The molecule has 4 rings (SSSR count). The molecule has 2 aliphatic rings. The van der Waals surface area contributed by atoms with Gasteiger partial charge in [0.2, 0.25) is 0 Å². The lowest BCUT2D eigenvalue weighted by Crippen LogP contribution is -2.37. The van der Waals surface area contributed by atoms with Crippen molar-refractivity contribution in [1.29, 1.82) is 0 Å². The number of carbonyl (C=O) groups excluding carboxylic acids is 1. The van der Waals surface area contributed by atoms with E-state index in [4.69, 9.17) is 0 Å². The Morgan fingerprint density at radius 2 is 2.21 bits per heavy atom. The summed E-state index contributed by atoms with van der Waals surface area (Å²) in [5.74, 6) is 0.571. The molecule has 0 bridgehead atoms. The minimum atomic E-state index is -0.0951. The Bertz CT molecular complexity index is 753. The fourth-order valence-electron chi connectivity index (χ4n) is 4.26. The SMILES string of the molecule is Cn1nccc1CNC(=O)NCC1CC12CCCc1ccccc12. The zero-order chi connectivity index (χ0) is 16.6. The molecule has 1 fully saturated rings. The van der Waals surface area contributed by atoms with Gasteiger partial charge in [-0.15, -0.1) is 0 Å². The maximum atomic E-state index is 12.0. The van der Waals surface area contributed by atoms with Crippen molar-refractivity contribution < 1.29 is 4.79 Å². The van der Waals surface area contributed by atoms with Crippen molar-refractivity contribution in [2.75, 3.05) is 6.54 Å². The molecule has 5 nitrogen and oxygen atoms in total. The van der Waals surface area contributed by atoms with Crippen molar-refractivity contribution >= 4 is 6.03 Å². The van der Waals surface area contributed by atoms with Crippen molar-refractivity contribution in [2.45, 2.75) is 37.6 Å². The Morgan fingerprint density at radius 1 is 1.33 bits per heavy atom. The van der Waals surface area contributed by atoms with Crippen LogP contribution >= 0.6 is 0 Å². The molecule has 1 saturated carbocycles. The minimum absolute atomic E-state index is 0.0951. The zero-order valence-corrected chi connectivity index (χ0v) is 14.1. The number of benzene rings is 1. The standard InChI is InChI=1S/C19H24N4O/c1-23-16(8-10-22-23)13-21-18(24)20-12-15-11-19(15)9-4-6-14-5-2-3-7-17(14)19/h2-3,5,7-8,10,15H,4,6,9,11-13H2,1H3,(H2,20,21,24). The molecule has 0 saturated heterocycles. The summed E-state index contributed by atoms with van der Waals surface area (Å²) in [5.41, 5.74) is 4.35. The Labute approximate surface area is 142 Å². The maximum absolute atomic E-state index is 12.0. The highest BCUT2D eigenvalue weighted by atomic mass is 16.2. The first-order valence-electron chi connectivity index (χ1n) is 8.76. The highest BCUT2D eigenvalue weighted by Crippen LogP contribution is 2.59. The topological polar surface area (TPSA) is 59.0 Å². The summed E-state index contributed by atoms with van der Waals surface area (Å²) < 4.78 is 1.77. The molecule has 2 aromatic rings. The van der Waals surface area contributed by atoms with E-state index in [1.807, 2.05) is 13.1 Å². The Hall–Kier alpha value is -2.30. The zero-order valence-electron chi connectivity index (χ0n) is 14.1. The summed E-state index contributed by atoms with van der Waals surface area (Å²) in [6.07, 6.45) is 6.66. The highest BCUT2D eigenvalue weighted by Gasteiger charge is 2.56. The van der Waals surface area contributed by atoms with E-state index < -0.39 is 0 Å². The van der Waals surface area contributed by atoms with Crippen molar-refractivity contribution in [3.8, 4) is 0 Å². The van der Waals surface area contributed by atoms with Gasteiger partial charge in [-0.25, -0.2) is 4.79 Å². The minimum Gasteiger partial charge on any atom is -0.338 e. The van der Waals surface area contributed by atoms with Crippen LogP contribution in [-0.2, 0) is 25.4 Å². The predicted octanol–water partition coefficient (Wildman–Crippen LogP) is 2.51. The molecule has 2 N–H and O–H groups in total. The first-order valence-corrected chi connectivity index (χ1v) is 8.76. The van der Waals surface area contributed by atoms with Crippen LogP contribution in [0.5, 0.6) is 0 Å². The van der Waals surface area contributed by atoms with Gasteiger partial charge < -0.3 is 10.6 Å². The molecule has 0 aliphatic heterocycles. The molecule has 1 spiro atoms. The number of aryl methyl sites for hydroxylation is 2. The van der Waals surface area contributed by atoms with Gasteiger partial charge in [-0.1, -0.05) is 24.3 Å². The summed E-state index contributed by atoms with van der Waals surface area (Å²) in [6, 6.07) is 10.7. The predicted molar refractivity (Wildman–Crippen MR) is 92.6 cm³/mol. The third-order valence-corrected chi connectivity index (χ3v) is 5.72. The summed E-state index contributed by atoms with van der Waals surface area (Å²) in [5, 5.41) is 10.1. The van der Waals surface area contributed by atoms with E-state index >= 15 is 0 Å². The van der Waals surface area contributed by atoms with E-state index in [2.05, 4.69) is 40.0 Å². The first kappa shape index (κ1) is 15.2. The van der Waals surface area contributed by atoms with Crippen LogP contribution in [0.1, 0.15) is 36.1 Å². The van der Waals surface area contributed by atoms with E-state index in [9.17, 15) is 4.79 Å². The number of fused-ring (bicyclic) bond motifs is 2. The molecule has 2 unspecified atom stereocenters. The van der Waals surface area contributed by atoms with E-state index in [0.29, 0.717) is 17.9 Å². The Kier molecular flexibility index (Phi) is 3.79. The van der Waals surface area contributed by atoms with Crippen molar-refractivity contribution in [3.63, 3.8) is 0 Å². The van der Waals surface area contributed by atoms with Gasteiger partial charge in [0.25, 0.3) is 0 Å². The maximum Gasteiger partial charge on any atom is 0.315 e. The Balaban J connectivity index is 1.31. The van der Waals surface area contributed by atoms with Gasteiger partial charge in [-0.2, -0.15) is 5.10 Å².